The van der Waals surface area contributed by atoms with Crippen molar-refractivity contribution >= 4 is 6.21 Å². The van der Waals surface area contributed by atoms with Crippen LogP contribution in [0.1, 0.15) is 41.2 Å². The van der Waals surface area contributed by atoms with Crippen molar-refractivity contribution in [2.24, 2.45) is 10.7 Å². The summed E-state index contributed by atoms with van der Waals surface area (Å²) in [5, 5.41) is 18.5. The second kappa shape index (κ2) is 10.2. The summed E-state index contributed by atoms with van der Waals surface area (Å²) in [7, 11) is 0. The number of nitrogens with two attached hydrogens (primary N) is 1. The van der Waals surface area contributed by atoms with Gasteiger partial charge in [-0.1, -0.05) is 11.8 Å². The van der Waals surface area contributed by atoms with Crippen LogP contribution in [0.5, 0.6) is 5.75 Å². The number of allylic oxidation sites excluding steroid dienone is 2. The number of phenols is 1. The number of benzene rings is 2. The number of halogens is 3. The van der Waals surface area contributed by atoms with E-state index in [0.29, 0.717) is 42.3 Å². The van der Waals surface area contributed by atoms with E-state index < -0.39 is 17.5 Å². The first-order chi connectivity index (χ1) is 14.2. The van der Waals surface area contributed by atoms with Crippen LogP contribution in [-0.2, 0) is 12.6 Å². The van der Waals surface area contributed by atoms with Crippen molar-refractivity contribution in [1.29, 1.82) is 5.26 Å². The zero-order chi connectivity index (χ0) is 22.1. The summed E-state index contributed by atoms with van der Waals surface area (Å²) in [5.41, 5.74) is 6.67. The maximum Gasteiger partial charge on any atom is 0.417 e. The van der Waals surface area contributed by atoms with Gasteiger partial charge in [-0.25, -0.2) is 0 Å². The zero-order valence-electron chi connectivity index (χ0n) is 16.3. The highest BCUT2D eigenvalue weighted by atomic mass is 19.4. The third-order valence-corrected chi connectivity index (χ3v) is 4.05. The van der Waals surface area contributed by atoms with Gasteiger partial charge in [0.15, 0.2) is 0 Å². The molecule has 0 saturated carbocycles. The quantitative estimate of drug-likeness (QED) is 0.430. The molecule has 0 atom stereocenters. The highest BCUT2D eigenvalue weighted by Crippen LogP contribution is 2.33. The largest absolute Gasteiger partial charge is 0.508 e. The van der Waals surface area contributed by atoms with Crippen LogP contribution in [0, 0.1) is 23.2 Å². The molecule has 0 saturated heterocycles. The Labute approximate surface area is 173 Å². The SMILES string of the molecule is CC(N)=CC=NCCCc1cc(C#N)ccc1C#Cc1ccc(O)cc1C(F)(F)F. The molecule has 0 aliphatic carbocycles. The van der Waals surface area contributed by atoms with E-state index in [1.54, 1.807) is 37.4 Å². The summed E-state index contributed by atoms with van der Waals surface area (Å²) < 4.78 is 39.6. The molecule has 3 N–H and O–H groups in total. The Morgan fingerprint density at radius 1 is 1.17 bits per heavy atom. The Bertz CT molecular complexity index is 1060. The summed E-state index contributed by atoms with van der Waals surface area (Å²) in [6, 6.07) is 9.87. The molecule has 0 amide bonds. The molecule has 0 aromatic heterocycles. The lowest BCUT2D eigenvalue weighted by Crippen LogP contribution is -2.07. The van der Waals surface area contributed by atoms with Gasteiger partial charge in [-0.3, -0.25) is 4.99 Å². The lowest BCUT2D eigenvalue weighted by Gasteiger charge is -2.09. The van der Waals surface area contributed by atoms with E-state index in [1.165, 1.54) is 0 Å². The minimum absolute atomic E-state index is 0.232. The minimum atomic E-state index is -4.63. The molecule has 0 fully saturated rings. The van der Waals surface area contributed by atoms with E-state index in [4.69, 9.17) is 11.0 Å². The molecule has 0 bridgehead atoms. The molecule has 0 unspecified atom stereocenters. The number of hydrogen-bond acceptors (Lipinski definition) is 4. The van der Waals surface area contributed by atoms with Crippen LogP contribution in [-0.4, -0.2) is 17.9 Å². The van der Waals surface area contributed by atoms with Crippen LogP contribution in [0.2, 0.25) is 0 Å². The Balaban J connectivity index is 2.29. The van der Waals surface area contributed by atoms with Crippen molar-refractivity contribution in [3.8, 4) is 23.7 Å². The highest BCUT2D eigenvalue weighted by molar-refractivity contribution is 5.71. The number of aromatic hydroxyl groups is 1. The van der Waals surface area contributed by atoms with Crippen molar-refractivity contribution in [2.75, 3.05) is 6.54 Å². The number of aryl methyl sites for hydroxylation is 1. The summed E-state index contributed by atoms with van der Waals surface area (Å²) in [5.74, 6) is 4.84. The molecule has 7 heteroatoms. The maximum atomic E-state index is 13.2. The van der Waals surface area contributed by atoms with Gasteiger partial charge in [-0.2, -0.15) is 18.4 Å². The fourth-order valence-electron chi connectivity index (χ4n) is 2.61. The number of rotatable bonds is 5. The van der Waals surface area contributed by atoms with Crippen LogP contribution >= 0.6 is 0 Å². The van der Waals surface area contributed by atoms with Crippen LogP contribution in [0.25, 0.3) is 0 Å². The number of phenolic OH excluding ortho intramolecular Hbond substituents is 1. The molecule has 0 spiro atoms. The van der Waals surface area contributed by atoms with E-state index >= 15 is 0 Å². The number of aliphatic imine (C=N–C) groups is 1. The lowest BCUT2D eigenvalue weighted by molar-refractivity contribution is -0.137. The Morgan fingerprint density at radius 2 is 1.87 bits per heavy atom. The Morgan fingerprint density at radius 3 is 2.53 bits per heavy atom. The predicted molar refractivity (Wildman–Crippen MR) is 110 cm³/mol. The van der Waals surface area contributed by atoms with Crippen LogP contribution in [0.3, 0.4) is 0 Å². The molecule has 2 aromatic carbocycles. The van der Waals surface area contributed by atoms with Gasteiger partial charge in [0.25, 0.3) is 0 Å². The third-order valence-electron chi connectivity index (χ3n) is 4.05. The normalized spacial score (nSPS) is 11.8. The summed E-state index contributed by atoms with van der Waals surface area (Å²) in [6.45, 7) is 2.28. The van der Waals surface area contributed by atoms with Crippen LogP contribution in [0.15, 0.2) is 53.2 Å². The van der Waals surface area contributed by atoms with Gasteiger partial charge >= 0.3 is 6.18 Å². The molecule has 154 valence electrons. The van der Waals surface area contributed by atoms with Gasteiger partial charge in [-0.15, -0.1) is 0 Å². The topological polar surface area (TPSA) is 82.4 Å². The van der Waals surface area contributed by atoms with Gasteiger partial charge in [0.05, 0.1) is 17.2 Å². The van der Waals surface area contributed by atoms with Crippen LogP contribution in [0.4, 0.5) is 13.2 Å². The van der Waals surface area contributed by atoms with Crippen molar-refractivity contribution in [3.63, 3.8) is 0 Å². The van der Waals surface area contributed by atoms with Gasteiger partial charge in [0, 0.05) is 29.6 Å². The van der Waals surface area contributed by atoms with Crippen molar-refractivity contribution in [2.45, 2.75) is 25.9 Å². The summed E-state index contributed by atoms with van der Waals surface area (Å²) in [6.07, 6.45) is -0.104. The summed E-state index contributed by atoms with van der Waals surface area (Å²) in [4.78, 5) is 4.21. The molecular formula is C23H20F3N3O. The molecular weight excluding hydrogens is 391 g/mol. The fourth-order valence-corrected chi connectivity index (χ4v) is 2.61. The molecule has 2 aromatic rings. The molecule has 0 aliphatic heterocycles. The second-order valence-electron chi connectivity index (χ2n) is 6.53. The van der Waals surface area contributed by atoms with E-state index in [2.05, 4.69) is 22.9 Å². The van der Waals surface area contributed by atoms with Gasteiger partial charge in [0.1, 0.15) is 5.75 Å². The summed E-state index contributed by atoms with van der Waals surface area (Å²) >= 11 is 0. The first kappa shape index (κ1) is 22.6. The smallest absolute Gasteiger partial charge is 0.417 e. The number of nitrogens with zero attached hydrogens (tertiary/aromatic N) is 2. The maximum absolute atomic E-state index is 13.2. The number of hydrogen-bond donors (Lipinski definition) is 2. The van der Waals surface area contributed by atoms with Gasteiger partial charge < -0.3 is 10.8 Å². The van der Waals surface area contributed by atoms with E-state index in [9.17, 15) is 18.3 Å². The van der Waals surface area contributed by atoms with Crippen LogP contribution < -0.4 is 5.73 Å². The van der Waals surface area contributed by atoms with E-state index in [-0.39, 0.29) is 5.56 Å². The first-order valence-corrected chi connectivity index (χ1v) is 9.08. The van der Waals surface area contributed by atoms with E-state index in [1.807, 2.05) is 0 Å². The standard InChI is InChI=1S/C23H20F3N3O/c1-16(28)10-12-29-11-2-3-20-13-17(15-27)4-5-18(20)6-7-19-8-9-21(30)14-22(19)23(24,25)26/h4-5,8-10,12-14,30H,2-3,11,28H2,1H3. The zero-order valence-corrected chi connectivity index (χ0v) is 16.3. The van der Waals surface area contributed by atoms with Crippen molar-refractivity contribution in [1.82, 2.24) is 0 Å². The molecule has 0 heterocycles. The number of alkyl halides is 3. The predicted octanol–water partition coefficient (Wildman–Crippen LogP) is 4.55. The minimum Gasteiger partial charge on any atom is -0.508 e. The Kier molecular flexibility index (Phi) is 7.66. The monoisotopic (exact) mass is 411 g/mol. The third kappa shape index (κ3) is 6.72. The highest BCUT2D eigenvalue weighted by Gasteiger charge is 2.33. The second-order valence-corrected chi connectivity index (χ2v) is 6.53. The molecule has 0 radical (unpaired) electrons. The van der Waals surface area contributed by atoms with Crippen molar-refractivity contribution in [3.05, 3.63) is 76.0 Å². The molecule has 2 rings (SSSR count). The van der Waals surface area contributed by atoms with Gasteiger partial charge in [-0.05, 0) is 67.8 Å². The Hall–Kier alpha value is -3.71. The number of nitriles is 1. The lowest BCUT2D eigenvalue weighted by atomic mass is 9.99. The first-order valence-electron chi connectivity index (χ1n) is 9.08. The molecule has 4 nitrogen and oxygen atoms in total. The average molecular weight is 411 g/mol. The average Bonchev–Trinajstić information content (AvgIpc) is 2.69. The fraction of sp³-hybridized carbons (Fsp3) is 0.217. The van der Waals surface area contributed by atoms with E-state index in [0.717, 1.165) is 17.7 Å². The van der Waals surface area contributed by atoms with Crippen molar-refractivity contribution < 1.29 is 18.3 Å². The van der Waals surface area contributed by atoms with Gasteiger partial charge in [0.2, 0.25) is 0 Å². The molecule has 0 aliphatic rings. The molecule has 30 heavy (non-hydrogen) atoms.